The van der Waals surface area contributed by atoms with Crippen LogP contribution in [0.25, 0.3) is 0 Å². The molecule has 2 amide bonds. The van der Waals surface area contributed by atoms with Gasteiger partial charge in [-0.1, -0.05) is 25.0 Å². The predicted molar refractivity (Wildman–Crippen MR) is 137 cm³/mol. The molecular formula is C28H34FN3O5. The highest BCUT2D eigenvalue weighted by Gasteiger charge is 2.36. The second kappa shape index (κ2) is 12.2. The third kappa shape index (κ3) is 6.10. The van der Waals surface area contributed by atoms with Crippen molar-refractivity contribution < 1.29 is 28.2 Å². The maximum atomic E-state index is 13.7. The van der Waals surface area contributed by atoms with Gasteiger partial charge in [0.1, 0.15) is 23.9 Å². The molecule has 1 aliphatic heterocycles. The van der Waals surface area contributed by atoms with Crippen LogP contribution in [-0.2, 0) is 14.3 Å². The number of nitrogens with zero attached hydrogens (tertiary/aromatic N) is 3. The largest absolute Gasteiger partial charge is 0.497 e. The van der Waals surface area contributed by atoms with Gasteiger partial charge in [0, 0.05) is 37.6 Å². The monoisotopic (exact) mass is 511 g/mol. The minimum Gasteiger partial charge on any atom is -0.497 e. The second-order valence-corrected chi connectivity index (χ2v) is 9.36. The molecule has 0 aromatic heterocycles. The zero-order valence-electron chi connectivity index (χ0n) is 21.6. The highest BCUT2D eigenvalue weighted by molar-refractivity contribution is 6.05. The van der Waals surface area contributed by atoms with Gasteiger partial charge < -0.3 is 19.1 Å². The Morgan fingerprint density at radius 2 is 1.78 bits per heavy atom. The number of rotatable bonds is 10. The second-order valence-electron chi connectivity index (χ2n) is 9.36. The van der Waals surface area contributed by atoms with Crippen molar-refractivity contribution in [2.75, 3.05) is 41.0 Å². The minimum absolute atomic E-state index is 0.0125. The van der Waals surface area contributed by atoms with Crippen molar-refractivity contribution in [3.05, 3.63) is 59.4 Å². The van der Waals surface area contributed by atoms with Crippen LogP contribution in [0.3, 0.4) is 0 Å². The summed E-state index contributed by atoms with van der Waals surface area (Å²) in [5.74, 6) is 0.481. The molecule has 198 valence electrons. The minimum atomic E-state index is -0.444. The van der Waals surface area contributed by atoms with E-state index in [9.17, 15) is 14.0 Å². The van der Waals surface area contributed by atoms with E-state index >= 15 is 0 Å². The Balaban J connectivity index is 1.64. The van der Waals surface area contributed by atoms with Crippen molar-refractivity contribution in [2.45, 2.75) is 38.1 Å². The molecule has 8 nitrogen and oxygen atoms in total. The molecule has 2 aromatic carbocycles. The van der Waals surface area contributed by atoms with Gasteiger partial charge in [-0.15, -0.1) is 0 Å². The number of hydrazone groups is 1. The quantitative estimate of drug-likeness (QED) is 0.478. The van der Waals surface area contributed by atoms with Crippen LogP contribution < -0.4 is 9.47 Å². The number of halogens is 1. The smallest absolute Gasteiger partial charge is 0.262 e. The Hall–Kier alpha value is -3.46. The molecule has 4 rings (SSSR count). The summed E-state index contributed by atoms with van der Waals surface area (Å²) in [6, 6.07) is 11.1. The molecule has 0 unspecified atom stereocenters. The first-order valence-corrected chi connectivity index (χ1v) is 12.6. The molecule has 1 heterocycles. The fourth-order valence-electron chi connectivity index (χ4n) is 5.02. The number of carbonyl (C=O) groups is 2. The summed E-state index contributed by atoms with van der Waals surface area (Å²) in [5, 5.41) is 6.13. The molecule has 0 spiro atoms. The van der Waals surface area contributed by atoms with Crippen molar-refractivity contribution in [3.63, 3.8) is 0 Å². The van der Waals surface area contributed by atoms with Crippen LogP contribution in [-0.4, -0.2) is 68.5 Å². The van der Waals surface area contributed by atoms with Gasteiger partial charge in [-0.05, 0) is 42.7 Å². The van der Waals surface area contributed by atoms with Crippen molar-refractivity contribution in [1.82, 2.24) is 9.91 Å². The molecule has 1 aliphatic carbocycles. The van der Waals surface area contributed by atoms with Crippen molar-refractivity contribution in [1.29, 1.82) is 0 Å². The van der Waals surface area contributed by atoms with Crippen LogP contribution in [0.4, 0.5) is 4.39 Å². The fourth-order valence-corrected chi connectivity index (χ4v) is 5.02. The number of methoxy groups -OCH3 is 3. The first-order chi connectivity index (χ1) is 17.9. The Morgan fingerprint density at radius 3 is 2.43 bits per heavy atom. The van der Waals surface area contributed by atoms with E-state index in [2.05, 4.69) is 0 Å². The molecule has 0 radical (unpaired) electrons. The maximum Gasteiger partial charge on any atom is 0.262 e. The SMILES string of the molecule is COCCN(CC(=O)N1N=C(c2ccc(OC)cc2OC)C[C@@H]1c1ccc(F)cc1)C(=O)C1CCCC1. The first-order valence-electron chi connectivity index (χ1n) is 12.6. The van der Waals surface area contributed by atoms with Crippen LogP contribution in [0, 0.1) is 11.7 Å². The van der Waals surface area contributed by atoms with E-state index in [0.29, 0.717) is 36.8 Å². The molecule has 1 fully saturated rings. The van der Waals surface area contributed by atoms with Gasteiger partial charge in [0.05, 0.1) is 32.6 Å². The standard InChI is InChI=1S/C28H34FN3O5/c1-35-15-14-31(28(34)20-6-4-5-7-20)18-27(33)32-25(19-8-10-21(29)11-9-19)17-24(30-32)23-13-12-22(36-2)16-26(23)37-3/h8-13,16,20,25H,4-7,14-15,17-18H2,1-3H3/t25-/m1/s1. The van der Waals surface area contributed by atoms with Gasteiger partial charge in [0.2, 0.25) is 5.91 Å². The summed E-state index contributed by atoms with van der Waals surface area (Å²) < 4.78 is 29.8. The number of benzene rings is 2. The highest BCUT2D eigenvalue weighted by atomic mass is 19.1. The number of ether oxygens (including phenoxy) is 3. The van der Waals surface area contributed by atoms with E-state index in [1.807, 2.05) is 12.1 Å². The van der Waals surface area contributed by atoms with Crippen molar-refractivity contribution >= 4 is 17.5 Å². The molecule has 9 heteroatoms. The van der Waals surface area contributed by atoms with Crippen LogP contribution >= 0.6 is 0 Å². The van der Waals surface area contributed by atoms with Gasteiger partial charge >= 0.3 is 0 Å². The Bertz CT molecular complexity index is 1130. The average Bonchev–Trinajstić information content (AvgIpc) is 3.61. The lowest BCUT2D eigenvalue weighted by Crippen LogP contribution is -2.44. The third-order valence-electron chi connectivity index (χ3n) is 7.05. The number of carbonyl (C=O) groups excluding carboxylic acids is 2. The molecule has 2 aromatic rings. The lowest BCUT2D eigenvalue weighted by Gasteiger charge is -2.28. The number of amides is 2. The maximum absolute atomic E-state index is 13.7. The van der Waals surface area contributed by atoms with Crippen molar-refractivity contribution in [3.8, 4) is 11.5 Å². The summed E-state index contributed by atoms with van der Waals surface area (Å²) in [4.78, 5) is 28.5. The third-order valence-corrected chi connectivity index (χ3v) is 7.05. The van der Waals surface area contributed by atoms with E-state index in [0.717, 1.165) is 36.8 Å². The summed E-state index contributed by atoms with van der Waals surface area (Å²) in [5.41, 5.74) is 2.16. The molecule has 0 bridgehead atoms. The van der Waals surface area contributed by atoms with Gasteiger partial charge in [0.25, 0.3) is 5.91 Å². The average molecular weight is 512 g/mol. The summed E-state index contributed by atoms with van der Waals surface area (Å²) >= 11 is 0. The van der Waals surface area contributed by atoms with Crippen LogP contribution in [0.5, 0.6) is 11.5 Å². The van der Waals surface area contributed by atoms with E-state index in [4.69, 9.17) is 19.3 Å². The zero-order chi connectivity index (χ0) is 26.4. The topological polar surface area (TPSA) is 80.7 Å². The van der Waals surface area contributed by atoms with Crippen LogP contribution in [0.1, 0.15) is 49.3 Å². The lowest BCUT2D eigenvalue weighted by atomic mass is 9.97. The molecular weight excluding hydrogens is 477 g/mol. The first kappa shape index (κ1) is 26.6. The van der Waals surface area contributed by atoms with Gasteiger partial charge in [-0.25, -0.2) is 9.40 Å². The molecule has 2 aliphatic rings. The van der Waals surface area contributed by atoms with Gasteiger partial charge in [-0.3, -0.25) is 9.59 Å². The van der Waals surface area contributed by atoms with Crippen LogP contribution in [0.2, 0.25) is 0 Å². The van der Waals surface area contributed by atoms with Gasteiger partial charge in [-0.2, -0.15) is 5.10 Å². The zero-order valence-corrected chi connectivity index (χ0v) is 21.6. The van der Waals surface area contributed by atoms with Gasteiger partial charge in [0.15, 0.2) is 0 Å². The van der Waals surface area contributed by atoms with E-state index in [1.54, 1.807) is 44.4 Å². The fraction of sp³-hybridized carbons (Fsp3) is 0.464. The summed E-state index contributed by atoms with van der Waals surface area (Å²) in [6.07, 6.45) is 4.15. The van der Waals surface area contributed by atoms with Crippen LogP contribution in [0.15, 0.2) is 47.6 Å². The lowest BCUT2D eigenvalue weighted by molar-refractivity contribution is -0.144. The summed E-state index contributed by atoms with van der Waals surface area (Å²) in [7, 11) is 4.72. The molecule has 0 N–H and O–H groups in total. The molecule has 0 saturated heterocycles. The highest BCUT2D eigenvalue weighted by Crippen LogP contribution is 2.36. The predicted octanol–water partition coefficient (Wildman–Crippen LogP) is 4.19. The summed E-state index contributed by atoms with van der Waals surface area (Å²) in [6.45, 7) is 0.563. The van der Waals surface area contributed by atoms with E-state index in [-0.39, 0.29) is 30.1 Å². The molecule has 1 saturated carbocycles. The normalized spacial score (nSPS) is 17.6. The van der Waals surface area contributed by atoms with E-state index < -0.39 is 6.04 Å². The Labute approximate surface area is 217 Å². The number of hydrogen-bond donors (Lipinski definition) is 0. The Morgan fingerprint density at radius 1 is 1.05 bits per heavy atom. The molecule has 37 heavy (non-hydrogen) atoms. The number of hydrogen-bond acceptors (Lipinski definition) is 6. The van der Waals surface area contributed by atoms with E-state index in [1.165, 1.54) is 17.1 Å². The molecule has 1 atom stereocenters. The Kier molecular flexibility index (Phi) is 8.76. The van der Waals surface area contributed by atoms with Crippen molar-refractivity contribution in [2.24, 2.45) is 11.0 Å².